The Morgan fingerprint density at radius 2 is 2.12 bits per heavy atom. The highest BCUT2D eigenvalue weighted by Gasteiger charge is 2.10. The highest BCUT2D eigenvalue weighted by molar-refractivity contribution is 9.11. The predicted molar refractivity (Wildman–Crippen MR) is 102 cm³/mol. The summed E-state index contributed by atoms with van der Waals surface area (Å²) in [6.45, 7) is 4.01. The molecule has 1 N–H and O–H groups in total. The minimum absolute atomic E-state index is 0.124. The Bertz CT molecular complexity index is 774. The molecule has 2 aromatic rings. The van der Waals surface area contributed by atoms with E-state index in [9.17, 15) is 4.79 Å². The topological polar surface area (TPSA) is 63.6 Å². The number of amides is 1. The van der Waals surface area contributed by atoms with Gasteiger partial charge in [0.25, 0.3) is 5.91 Å². The van der Waals surface area contributed by atoms with Crippen molar-refractivity contribution in [3.63, 3.8) is 0 Å². The third-order valence-electron chi connectivity index (χ3n) is 2.75. The van der Waals surface area contributed by atoms with Crippen LogP contribution in [0.3, 0.4) is 0 Å². The van der Waals surface area contributed by atoms with Crippen molar-refractivity contribution in [1.29, 1.82) is 0 Å². The Morgan fingerprint density at radius 3 is 2.75 bits per heavy atom. The third kappa shape index (κ3) is 4.90. The highest BCUT2D eigenvalue weighted by atomic mass is 79.9. The number of halogens is 3. The van der Waals surface area contributed by atoms with Crippen LogP contribution in [0, 0.1) is 0 Å². The molecule has 1 heterocycles. The predicted octanol–water partition coefficient (Wildman–Crippen LogP) is 4.59. The average Bonchev–Trinajstić information content (AvgIpc) is 2.54. The molecule has 124 valence electrons. The maximum Gasteiger partial charge on any atom is 0.274 e. The van der Waals surface area contributed by atoms with Crippen LogP contribution in [-0.4, -0.2) is 23.7 Å². The maximum atomic E-state index is 12.0. The first kappa shape index (κ1) is 18.6. The number of rotatable bonds is 6. The van der Waals surface area contributed by atoms with E-state index >= 15 is 0 Å². The van der Waals surface area contributed by atoms with Crippen molar-refractivity contribution in [3.05, 3.63) is 68.3 Å². The van der Waals surface area contributed by atoms with Gasteiger partial charge in [0.15, 0.2) is 0 Å². The van der Waals surface area contributed by atoms with Crippen molar-refractivity contribution in [2.24, 2.45) is 5.10 Å². The summed E-state index contributed by atoms with van der Waals surface area (Å²) in [6, 6.07) is 6.82. The second-order valence-corrected chi connectivity index (χ2v) is 6.52. The fraction of sp³-hybridized carbons (Fsp3) is 0.0625. The van der Waals surface area contributed by atoms with E-state index < -0.39 is 5.91 Å². The summed E-state index contributed by atoms with van der Waals surface area (Å²) in [5.41, 5.74) is 3.42. The van der Waals surface area contributed by atoms with Crippen LogP contribution in [0.4, 0.5) is 0 Å². The van der Waals surface area contributed by atoms with Gasteiger partial charge >= 0.3 is 0 Å². The molecule has 0 fully saturated rings. The quantitative estimate of drug-likeness (QED) is 0.289. The second kappa shape index (κ2) is 8.96. The number of aromatic nitrogens is 1. The number of benzene rings is 1. The molecule has 5 nitrogen and oxygen atoms in total. The number of carbonyl (C=O) groups excluding carboxylic acids is 1. The minimum Gasteiger partial charge on any atom is -0.487 e. The lowest BCUT2D eigenvalue weighted by molar-refractivity contribution is 0.0955. The first-order valence-corrected chi connectivity index (χ1v) is 8.66. The zero-order chi connectivity index (χ0) is 17.5. The Kier molecular flexibility index (Phi) is 6.96. The molecule has 1 aromatic carbocycles. The number of nitrogens with one attached hydrogen (secondary N) is 1. The van der Waals surface area contributed by atoms with Gasteiger partial charge in [-0.05, 0) is 61.7 Å². The van der Waals surface area contributed by atoms with Crippen molar-refractivity contribution in [3.8, 4) is 5.75 Å². The molecule has 0 bridgehead atoms. The molecule has 0 saturated carbocycles. The lowest BCUT2D eigenvalue weighted by Crippen LogP contribution is -2.18. The zero-order valence-electron chi connectivity index (χ0n) is 12.3. The summed E-state index contributed by atoms with van der Waals surface area (Å²) in [6.07, 6.45) is 4.68. The zero-order valence-corrected chi connectivity index (χ0v) is 16.2. The smallest absolute Gasteiger partial charge is 0.274 e. The number of ether oxygens (including phenoxy) is 1. The first-order valence-electron chi connectivity index (χ1n) is 6.69. The van der Waals surface area contributed by atoms with Crippen molar-refractivity contribution in [1.82, 2.24) is 10.4 Å². The summed E-state index contributed by atoms with van der Waals surface area (Å²) in [4.78, 5) is 15.8. The number of hydrazone groups is 1. The lowest BCUT2D eigenvalue weighted by Gasteiger charge is -2.09. The molecule has 0 atom stereocenters. The Labute approximate surface area is 161 Å². The van der Waals surface area contributed by atoms with E-state index in [-0.39, 0.29) is 10.7 Å². The number of pyridine rings is 1. The fourth-order valence-corrected chi connectivity index (χ4v) is 3.37. The van der Waals surface area contributed by atoms with E-state index in [0.717, 1.165) is 14.5 Å². The van der Waals surface area contributed by atoms with E-state index in [2.05, 4.69) is 54.0 Å². The Balaban J connectivity index is 2.08. The van der Waals surface area contributed by atoms with Gasteiger partial charge in [0.2, 0.25) is 0 Å². The molecule has 1 amide bonds. The summed E-state index contributed by atoms with van der Waals surface area (Å²) < 4.78 is 7.04. The van der Waals surface area contributed by atoms with Gasteiger partial charge in [-0.15, -0.1) is 0 Å². The molecule has 0 aliphatic heterocycles. The van der Waals surface area contributed by atoms with Crippen LogP contribution in [0.25, 0.3) is 0 Å². The van der Waals surface area contributed by atoms with Gasteiger partial charge in [-0.1, -0.05) is 24.3 Å². The molecule has 0 aliphatic carbocycles. The Morgan fingerprint density at radius 1 is 1.42 bits per heavy atom. The molecule has 8 heteroatoms. The van der Waals surface area contributed by atoms with Gasteiger partial charge in [-0.3, -0.25) is 4.79 Å². The molecule has 24 heavy (non-hydrogen) atoms. The molecule has 0 saturated heterocycles. The number of hydrogen-bond acceptors (Lipinski definition) is 4. The van der Waals surface area contributed by atoms with E-state index in [0.29, 0.717) is 12.4 Å². The van der Waals surface area contributed by atoms with Crippen LogP contribution in [0.15, 0.2) is 57.2 Å². The summed E-state index contributed by atoms with van der Waals surface area (Å²) in [5, 5.41) is 4.05. The molecule has 0 aliphatic rings. The van der Waals surface area contributed by atoms with Crippen LogP contribution in [0.2, 0.25) is 5.15 Å². The van der Waals surface area contributed by atoms with E-state index in [1.54, 1.807) is 18.2 Å². The summed E-state index contributed by atoms with van der Waals surface area (Å²) in [7, 11) is 0. The Hall–Kier alpha value is -1.70. The van der Waals surface area contributed by atoms with E-state index in [1.807, 2.05) is 12.1 Å². The first-order chi connectivity index (χ1) is 11.5. The standard InChI is InChI=1S/C16H12Br2ClN3O2/c1-2-6-24-14-12(17)7-10(8-13(14)18)9-21-22-16(23)11-4-3-5-20-15(11)19/h2-5,7-9H,1,6H2,(H,22,23). The maximum absolute atomic E-state index is 12.0. The molecule has 0 radical (unpaired) electrons. The normalized spacial score (nSPS) is 10.6. The molecule has 0 spiro atoms. The molecular weight excluding hydrogens is 461 g/mol. The lowest BCUT2D eigenvalue weighted by atomic mass is 10.2. The SMILES string of the molecule is C=CCOc1c(Br)cc(C=NNC(=O)c2cccnc2Cl)cc1Br. The van der Waals surface area contributed by atoms with E-state index in [4.69, 9.17) is 16.3 Å². The average molecular weight is 474 g/mol. The number of nitrogens with zero attached hydrogens (tertiary/aromatic N) is 2. The number of hydrogen-bond donors (Lipinski definition) is 1. The van der Waals surface area contributed by atoms with Crippen LogP contribution in [0.5, 0.6) is 5.75 Å². The highest BCUT2D eigenvalue weighted by Crippen LogP contribution is 2.34. The van der Waals surface area contributed by atoms with Gasteiger partial charge in [0.1, 0.15) is 17.5 Å². The van der Waals surface area contributed by atoms with Crippen LogP contribution in [0.1, 0.15) is 15.9 Å². The molecule has 2 rings (SSSR count). The molecule has 1 aromatic heterocycles. The molecule has 0 unspecified atom stereocenters. The minimum atomic E-state index is -0.437. The van der Waals surface area contributed by atoms with Gasteiger partial charge in [0, 0.05) is 6.20 Å². The van der Waals surface area contributed by atoms with Gasteiger partial charge in [-0.25, -0.2) is 10.4 Å². The fourth-order valence-electron chi connectivity index (χ4n) is 1.72. The van der Waals surface area contributed by atoms with Crippen molar-refractivity contribution in [2.45, 2.75) is 0 Å². The van der Waals surface area contributed by atoms with Crippen LogP contribution >= 0.6 is 43.5 Å². The van der Waals surface area contributed by atoms with Crippen LogP contribution < -0.4 is 10.2 Å². The third-order valence-corrected chi connectivity index (χ3v) is 4.23. The van der Waals surface area contributed by atoms with Crippen LogP contribution in [-0.2, 0) is 0 Å². The second-order valence-electron chi connectivity index (χ2n) is 4.45. The summed E-state index contributed by atoms with van der Waals surface area (Å²) in [5.74, 6) is 0.228. The van der Waals surface area contributed by atoms with Gasteiger partial charge in [-0.2, -0.15) is 5.10 Å². The monoisotopic (exact) mass is 471 g/mol. The number of carbonyl (C=O) groups is 1. The summed E-state index contributed by atoms with van der Waals surface area (Å²) >= 11 is 12.7. The van der Waals surface area contributed by atoms with Gasteiger partial charge in [0.05, 0.1) is 20.7 Å². The largest absolute Gasteiger partial charge is 0.487 e. The molecular formula is C16H12Br2ClN3O2. The van der Waals surface area contributed by atoms with Crippen molar-refractivity contribution in [2.75, 3.05) is 6.61 Å². The van der Waals surface area contributed by atoms with Crippen molar-refractivity contribution >= 4 is 55.6 Å². The van der Waals surface area contributed by atoms with Crippen molar-refractivity contribution < 1.29 is 9.53 Å². The van der Waals surface area contributed by atoms with Gasteiger partial charge < -0.3 is 4.74 Å². The van der Waals surface area contributed by atoms with E-state index in [1.165, 1.54) is 12.4 Å².